The Morgan fingerprint density at radius 2 is 2.03 bits per heavy atom. The molecule has 0 unspecified atom stereocenters. The lowest BCUT2D eigenvalue weighted by molar-refractivity contribution is -0.129. The maximum atomic E-state index is 13.0. The van der Waals surface area contributed by atoms with E-state index in [9.17, 15) is 9.59 Å². The average Bonchev–Trinajstić information content (AvgIpc) is 3.17. The molecule has 0 saturated carbocycles. The van der Waals surface area contributed by atoms with E-state index in [1.807, 2.05) is 39.0 Å². The number of fused-ring (bicyclic) bond motifs is 1. The fourth-order valence-corrected chi connectivity index (χ4v) is 3.97. The summed E-state index contributed by atoms with van der Waals surface area (Å²) in [5.41, 5.74) is 3.00. The van der Waals surface area contributed by atoms with Crippen molar-refractivity contribution in [2.24, 2.45) is 0 Å². The fraction of sp³-hybridized carbons (Fsp3) is 0.440. The fourth-order valence-electron chi connectivity index (χ4n) is 3.97. The van der Waals surface area contributed by atoms with Crippen molar-refractivity contribution in [1.82, 2.24) is 24.6 Å². The van der Waals surface area contributed by atoms with Gasteiger partial charge in [-0.25, -0.2) is 4.98 Å². The molecule has 34 heavy (non-hydrogen) atoms. The van der Waals surface area contributed by atoms with Gasteiger partial charge in [-0.05, 0) is 43.5 Å². The van der Waals surface area contributed by atoms with Crippen molar-refractivity contribution in [2.45, 2.75) is 40.2 Å². The zero-order valence-electron chi connectivity index (χ0n) is 20.0. The van der Waals surface area contributed by atoms with Gasteiger partial charge in [0.05, 0.1) is 31.1 Å². The summed E-state index contributed by atoms with van der Waals surface area (Å²) in [6.45, 7) is 9.42. The number of aromatic amines is 1. The molecule has 3 aromatic rings. The number of nitrogens with zero attached hydrogens (tertiary/aromatic N) is 4. The van der Waals surface area contributed by atoms with Crippen molar-refractivity contribution in [3.63, 3.8) is 0 Å². The van der Waals surface area contributed by atoms with Gasteiger partial charge >= 0.3 is 0 Å². The number of hydrogen-bond acceptors (Lipinski definition) is 6. The number of nitrogens with one attached hydrogen (secondary N) is 1. The van der Waals surface area contributed by atoms with Crippen molar-refractivity contribution in [3.05, 3.63) is 45.9 Å². The zero-order chi connectivity index (χ0) is 24.1. The molecule has 1 fully saturated rings. The minimum Gasteiger partial charge on any atom is -0.493 e. The molecule has 2 aromatic heterocycles. The zero-order valence-corrected chi connectivity index (χ0v) is 20.0. The first-order valence-corrected chi connectivity index (χ1v) is 11.8. The van der Waals surface area contributed by atoms with E-state index in [0.717, 1.165) is 18.4 Å². The molecule has 0 bridgehead atoms. The third-order valence-corrected chi connectivity index (χ3v) is 5.66. The molecule has 9 nitrogen and oxygen atoms in total. The first-order valence-electron chi connectivity index (χ1n) is 11.8. The summed E-state index contributed by atoms with van der Waals surface area (Å²) in [6.07, 6.45) is 5.05. The number of morpholine rings is 1. The molecular formula is C25H31N5O4. The van der Waals surface area contributed by atoms with E-state index in [1.54, 1.807) is 21.7 Å². The number of benzene rings is 1. The second-order valence-electron chi connectivity index (χ2n) is 8.30. The smallest absolute Gasteiger partial charge is 0.277 e. The maximum absolute atomic E-state index is 13.0. The molecule has 1 N–H and O–H groups in total. The number of aromatic nitrogens is 4. The van der Waals surface area contributed by atoms with Crippen LogP contribution in [0.1, 0.15) is 37.9 Å². The minimum atomic E-state index is -0.237. The van der Waals surface area contributed by atoms with Gasteiger partial charge in [0.1, 0.15) is 17.1 Å². The second kappa shape index (κ2) is 10.6. The van der Waals surface area contributed by atoms with E-state index in [-0.39, 0.29) is 11.5 Å². The number of hydrogen-bond donors (Lipinski definition) is 1. The highest BCUT2D eigenvalue weighted by atomic mass is 16.5. The van der Waals surface area contributed by atoms with Crippen LogP contribution in [0.15, 0.2) is 29.1 Å². The van der Waals surface area contributed by atoms with Gasteiger partial charge in [0.25, 0.3) is 5.56 Å². The molecule has 1 aromatic carbocycles. The van der Waals surface area contributed by atoms with Crippen LogP contribution in [-0.2, 0) is 16.1 Å². The van der Waals surface area contributed by atoms with Crippen LogP contribution in [-0.4, -0.2) is 63.5 Å². The van der Waals surface area contributed by atoms with Gasteiger partial charge < -0.3 is 19.4 Å². The van der Waals surface area contributed by atoms with Gasteiger partial charge in [0.15, 0.2) is 5.52 Å². The Morgan fingerprint density at radius 1 is 1.24 bits per heavy atom. The SMILES string of the molecule is CCCOc1ccc(/C=C/C(=O)N2CCOCC2)cc1-c1nc2c(C)nn(CCC)c2c(=O)[nH]1. The summed E-state index contributed by atoms with van der Waals surface area (Å²) in [5, 5.41) is 4.50. The van der Waals surface area contributed by atoms with Crippen LogP contribution in [0, 0.1) is 6.92 Å². The number of carbonyl (C=O) groups excluding carboxylic acids is 1. The summed E-state index contributed by atoms with van der Waals surface area (Å²) >= 11 is 0. The molecular weight excluding hydrogens is 434 g/mol. The number of amides is 1. The van der Waals surface area contributed by atoms with Crippen LogP contribution in [0.3, 0.4) is 0 Å². The third kappa shape index (κ3) is 5.04. The molecule has 0 radical (unpaired) electrons. The van der Waals surface area contributed by atoms with Crippen LogP contribution in [0.4, 0.5) is 0 Å². The molecule has 0 atom stereocenters. The summed E-state index contributed by atoms with van der Waals surface area (Å²) in [6, 6.07) is 5.62. The molecule has 180 valence electrons. The van der Waals surface area contributed by atoms with Crippen LogP contribution < -0.4 is 10.3 Å². The Hall–Kier alpha value is -3.46. The number of ether oxygens (including phenoxy) is 2. The molecule has 1 aliphatic rings. The van der Waals surface area contributed by atoms with Crippen molar-refractivity contribution >= 4 is 23.0 Å². The van der Waals surface area contributed by atoms with Gasteiger partial charge in [-0.1, -0.05) is 19.9 Å². The van der Waals surface area contributed by atoms with Gasteiger partial charge in [-0.3, -0.25) is 14.3 Å². The highest BCUT2D eigenvalue weighted by Crippen LogP contribution is 2.30. The number of rotatable bonds is 8. The molecule has 4 rings (SSSR count). The summed E-state index contributed by atoms with van der Waals surface area (Å²) < 4.78 is 13.0. The molecule has 1 aliphatic heterocycles. The van der Waals surface area contributed by atoms with E-state index in [1.165, 1.54) is 0 Å². The van der Waals surface area contributed by atoms with Crippen molar-refractivity contribution in [1.29, 1.82) is 0 Å². The molecule has 0 spiro atoms. The van der Waals surface area contributed by atoms with Gasteiger partial charge in [0, 0.05) is 25.7 Å². The number of aryl methyl sites for hydroxylation is 2. The lowest BCUT2D eigenvalue weighted by Gasteiger charge is -2.25. The average molecular weight is 466 g/mol. The Labute approximate surface area is 198 Å². The highest BCUT2D eigenvalue weighted by Gasteiger charge is 2.18. The molecule has 9 heteroatoms. The topological polar surface area (TPSA) is 102 Å². The minimum absolute atomic E-state index is 0.0527. The molecule has 1 saturated heterocycles. The predicted molar refractivity (Wildman–Crippen MR) is 131 cm³/mol. The lowest BCUT2D eigenvalue weighted by Crippen LogP contribution is -2.39. The molecule has 3 heterocycles. The summed E-state index contributed by atoms with van der Waals surface area (Å²) in [4.78, 5) is 35.0. The van der Waals surface area contributed by atoms with Crippen LogP contribution in [0.25, 0.3) is 28.5 Å². The third-order valence-electron chi connectivity index (χ3n) is 5.66. The van der Waals surface area contributed by atoms with E-state index in [2.05, 4.69) is 10.1 Å². The first-order chi connectivity index (χ1) is 16.5. The predicted octanol–water partition coefficient (Wildman–Crippen LogP) is 3.17. The largest absolute Gasteiger partial charge is 0.493 e. The van der Waals surface area contributed by atoms with E-state index in [0.29, 0.717) is 73.3 Å². The quantitative estimate of drug-likeness (QED) is 0.513. The van der Waals surface area contributed by atoms with Crippen LogP contribution >= 0.6 is 0 Å². The standard InChI is InChI=1S/C25H31N5O4/c1-4-10-30-23-22(17(3)28-30)26-24(27-25(23)32)19-16-18(6-8-20(19)34-13-5-2)7-9-21(31)29-11-14-33-15-12-29/h6-9,16H,4-5,10-15H2,1-3H3,(H,26,27,32)/b9-7+. The molecule has 0 aliphatic carbocycles. The van der Waals surface area contributed by atoms with Gasteiger partial charge in [0.2, 0.25) is 5.91 Å². The van der Waals surface area contributed by atoms with Crippen molar-refractivity contribution in [3.8, 4) is 17.1 Å². The first kappa shape index (κ1) is 23.7. The summed E-state index contributed by atoms with van der Waals surface area (Å²) in [5.74, 6) is 0.986. The highest BCUT2D eigenvalue weighted by molar-refractivity contribution is 5.92. The second-order valence-corrected chi connectivity index (χ2v) is 8.30. The Kier molecular flexibility index (Phi) is 7.42. The van der Waals surface area contributed by atoms with Crippen LogP contribution in [0.5, 0.6) is 5.75 Å². The monoisotopic (exact) mass is 465 g/mol. The number of H-pyrrole nitrogens is 1. The Balaban J connectivity index is 1.72. The molecule has 1 amide bonds. The van der Waals surface area contributed by atoms with E-state index >= 15 is 0 Å². The maximum Gasteiger partial charge on any atom is 0.277 e. The van der Waals surface area contributed by atoms with E-state index < -0.39 is 0 Å². The van der Waals surface area contributed by atoms with Gasteiger partial charge in [-0.15, -0.1) is 0 Å². The lowest BCUT2D eigenvalue weighted by atomic mass is 10.1. The van der Waals surface area contributed by atoms with E-state index in [4.69, 9.17) is 14.5 Å². The number of carbonyl (C=O) groups is 1. The van der Waals surface area contributed by atoms with Gasteiger partial charge in [-0.2, -0.15) is 5.10 Å². The normalized spacial score (nSPS) is 14.3. The Bertz CT molecular complexity index is 1250. The van der Waals surface area contributed by atoms with Crippen molar-refractivity contribution in [2.75, 3.05) is 32.9 Å². The Morgan fingerprint density at radius 3 is 2.76 bits per heavy atom. The van der Waals surface area contributed by atoms with Crippen LogP contribution in [0.2, 0.25) is 0 Å². The van der Waals surface area contributed by atoms with Crippen molar-refractivity contribution < 1.29 is 14.3 Å². The summed E-state index contributed by atoms with van der Waals surface area (Å²) in [7, 11) is 0.